The zero-order valence-electron chi connectivity index (χ0n) is 13.3. The number of sulfonamides is 1. The number of nitrogens with zero attached hydrogens (tertiary/aromatic N) is 4. The molecule has 6 nitrogen and oxygen atoms in total. The number of hydrogen-bond donors (Lipinski definition) is 0. The van der Waals surface area contributed by atoms with Crippen molar-refractivity contribution in [1.29, 1.82) is 0 Å². The van der Waals surface area contributed by atoms with E-state index in [-0.39, 0.29) is 5.92 Å². The first-order valence-corrected chi connectivity index (χ1v) is 10.3. The molecule has 1 atom stereocenters. The largest absolute Gasteiger partial charge is 0.257 e. The van der Waals surface area contributed by atoms with Crippen LogP contribution in [0.3, 0.4) is 0 Å². The highest BCUT2D eigenvalue weighted by atomic mass is 32.2. The van der Waals surface area contributed by atoms with Crippen LogP contribution in [-0.4, -0.2) is 47.0 Å². The van der Waals surface area contributed by atoms with Crippen molar-refractivity contribution in [2.75, 3.05) is 19.3 Å². The van der Waals surface area contributed by atoms with Crippen molar-refractivity contribution in [3.05, 3.63) is 29.3 Å². The lowest BCUT2D eigenvalue weighted by Gasteiger charge is -2.30. The van der Waals surface area contributed by atoms with Gasteiger partial charge in [0, 0.05) is 31.7 Å². The van der Waals surface area contributed by atoms with Gasteiger partial charge in [-0.25, -0.2) is 17.7 Å². The van der Waals surface area contributed by atoms with Crippen LogP contribution in [-0.2, 0) is 16.4 Å². The predicted octanol–water partition coefficient (Wildman–Crippen LogP) is 2.12. The third-order valence-corrected chi connectivity index (χ3v) is 6.25. The third-order valence-electron chi connectivity index (χ3n) is 4.06. The predicted molar refractivity (Wildman–Crippen MR) is 90.7 cm³/mol. The van der Waals surface area contributed by atoms with Crippen LogP contribution < -0.4 is 0 Å². The first-order valence-electron chi connectivity index (χ1n) is 7.61. The summed E-state index contributed by atoms with van der Waals surface area (Å²) >= 11 is 1.60. The van der Waals surface area contributed by atoms with Crippen molar-refractivity contribution in [3.63, 3.8) is 0 Å². The zero-order valence-corrected chi connectivity index (χ0v) is 14.9. The molecule has 0 aliphatic carbocycles. The second-order valence-corrected chi connectivity index (χ2v) is 9.15. The lowest BCUT2D eigenvalue weighted by Crippen LogP contribution is -2.39. The van der Waals surface area contributed by atoms with Gasteiger partial charge in [-0.15, -0.1) is 11.3 Å². The summed E-state index contributed by atoms with van der Waals surface area (Å²) in [5, 5.41) is 0.998. The SMILES string of the molecule is Cc1ncc(-c2nccnc2C[C@@H]2CCCN(S(C)(=O)=O)C2)s1. The zero-order chi connectivity index (χ0) is 16.4. The number of piperidine rings is 1. The van der Waals surface area contributed by atoms with Crippen molar-refractivity contribution < 1.29 is 8.42 Å². The molecular weight excluding hydrogens is 332 g/mol. The van der Waals surface area contributed by atoms with Gasteiger partial charge in [-0.3, -0.25) is 9.97 Å². The minimum Gasteiger partial charge on any atom is -0.257 e. The molecule has 0 amide bonds. The van der Waals surface area contributed by atoms with Crippen LogP contribution in [0.25, 0.3) is 10.6 Å². The van der Waals surface area contributed by atoms with E-state index in [4.69, 9.17) is 0 Å². The molecule has 8 heteroatoms. The fourth-order valence-corrected chi connectivity index (χ4v) is 4.70. The summed E-state index contributed by atoms with van der Waals surface area (Å²) in [5.41, 5.74) is 1.80. The van der Waals surface area contributed by atoms with Crippen LogP contribution in [0.2, 0.25) is 0 Å². The van der Waals surface area contributed by atoms with E-state index >= 15 is 0 Å². The molecule has 0 unspecified atom stereocenters. The topological polar surface area (TPSA) is 76.1 Å². The van der Waals surface area contributed by atoms with Crippen molar-refractivity contribution in [2.45, 2.75) is 26.2 Å². The molecule has 0 N–H and O–H groups in total. The Morgan fingerprint density at radius 2 is 2.09 bits per heavy atom. The second-order valence-electron chi connectivity index (χ2n) is 5.93. The Morgan fingerprint density at radius 3 is 2.78 bits per heavy atom. The monoisotopic (exact) mass is 352 g/mol. The Bertz CT molecular complexity index is 788. The van der Waals surface area contributed by atoms with Crippen LogP contribution in [0.5, 0.6) is 0 Å². The highest BCUT2D eigenvalue weighted by Crippen LogP contribution is 2.29. The number of rotatable bonds is 4. The average molecular weight is 352 g/mol. The molecule has 124 valence electrons. The maximum absolute atomic E-state index is 11.8. The molecule has 3 rings (SSSR count). The van der Waals surface area contributed by atoms with Gasteiger partial charge in [-0.1, -0.05) is 0 Å². The minimum atomic E-state index is -3.12. The Morgan fingerprint density at radius 1 is 1.30 bits per heavy atom. The molecule has 1 aliphatic heterocycles. The van der Waals surface area contributed by atoms with Crippen LogP contribution in [0.1, 0.15) is 23.5 Å². The molecule has 23 heavy (non-hydrogen) atoms. The van der Waals surface area contributed by atoms with Crippen LogP contribution in [0.15, 0.2) is 18.6 Å². The molecule has 0 radical (unpaired) electrons. The van der Waals surface area contributed by atoms with Crippen LogP contribution >= 0.6 is 11.3 Å². The molecular formula is C15H20N4O2S2. The Balaban J connectivity index is 1.81. The van der Waals surface area contributed by atoms with E-state index in [0.29, 0.717) is 13.1 Å². The Labute approximate surface area is 140 Å². The lowest BCUT2D eigenvalue weighted by molar-refractivity contribution is 0.265. The molecule has 0 aromatic carbocycles. The molecule has 1 saturated heterocycles. The molecule has 0 bridgehead atoms. The molecule has 3 heterocycles. The van der Waals surface area contributed by atoms with Gasteiger partial charge in [0.05, 0.1) is 21.8 Å². The van der Waals surface area contributed by atoms with Gasteiger partial charge in [-0.05, 0) is 32.1 Å². The highest BCUT2D eigenvalue weighted by molar-refractivity contribution is 7.88. The van der Waals surface area contributed by atoms with Gasteiger partial charge in [-0.2, -0.15) is 0 Å². The van der Waals surface area contributed by atoms with Crippen LogP contribution in [0.4, 0.5) is 0 Å². The molecule has 2 aromatic heterocycles. The summed E-state index contributed by atoms with van der Waals surface area (Å²) in [6, 6.07) is 0. The van der Waals surface area contributed by atoms with Gasteiger partial charge in [0.2, 0.25) is 10.0 Å². The smallest absolute Gasteiger partial charge is 0.211 e. The van der Waals surface area contributed by atoms with E-state index in [1.807, 2.05) is 13.1 Å². The van der Waals surface area contributed by atoms with Crippen LogP contribution in [0, 0.1) is 12.8 Å². The summed E-state index contributed by atoms with van der Waals surface area (Å²) in [7, 11) is -3.12. The first kappa shape index (κ1) is 16.5. The Kier molecular flexibility index (Phi) is 4.74. The summed E-state index contributed by atoms with van der Waals surface area (Å²) in [4.78, 5) is 14.3. The van der Waals surface area contributed by atoms with E-state index in [2.05, 4.69) is 15.0 Å². The van der Waals surface area contributed by atoms with Gasteiger partial charge in [0.25, 0.3) is 0 Å². The molecule has 0 saturated carbocycles. The summed E-state index contributed by atoms with van der Waals surface area (Å²) in [5.74, 6) is 0.281. The average Bonchev–Trinajstić information content (AvgIpc) is 2.94. The maximum Gasteiger partial charge on any atom is 0.211 e. The lowest BCUT2D eigenvalue weighted by atomic mass is 9.93. The fourth-order valence-electron chi connectivity index (χ4n) is 2.96. The quantitative estimate of drug-likeness (QED) is 0.842. The van der Waals surface area contributed by atoms with Gasteiger partial charge in [0.1, 0.15) is 5.69 Å². The summed E-state index contributed by atoms with van der Waals surface area (Å²) in [6.45, 7) is 3.16. The maximum atomic E-state index is 11.8. The molecule has 0 spiro atoms. The molecule has 2 aromatic rings. The normalized spacial score (nSPS) is 19.8. The summed E-state index contributed by atoms with van der Waals surface area (Å²) < 4.78 is 25.1. The number of aryl methyl sites for hydroxylation is 1. The first-order chi connectivity index (χ1) is 10.9. The molecule has 1 aliphatic rings. The standard InChI is InChI=1S/C15H20N4O2S2/c1-11-18-9-14(22-11)15-13(16-5-6-17-15)8-12-4-3-7-19(10-12)23(2,20)21/h5-6,9,12H,3-4,7-8,10H2,1-2H3/t12-/m0/s1. The van der Waals surface area contributed by atoms with E-state index in [1.54, 1.807) is 28.0 Å². The number of aromatic nitrogens is 3. The van der Waals surface area contributed by atoms with E-state index in [1.165, 1.54) is 6.26 Å². The van der Waals surface area contributed by atoms with Gasteiger partial charge in [0.15, 0.2) is 0 Å². The van der Waals surface area contributed by atoms with E-state index in [9.17, 15) is 8.42 Å². The molecule has 1 fully saturated rings. The third kappa shape index (κ3) is 3.94. The Hall–Kier alpha value is -1.38. The van der Waals surface area contributed by atoms with Gasteiger partial charge >= 0.3 is 0 Å². The number of hydrogen-bond acceptors (Lipinski definition) is 6. The van der Waals surface area contributed by atoms with Gasteiger partial charge < -0.3 is 0 Å². The highest BCUT2D eigenvalue weighted by Gasteiger charge is 2.27. The van der Waals surface area contributed by atoms with Crippen molar-refractivity contribution in [3.8, 4) is 10.6 Å². The summed E-state index contributed by atoms with van der Waals surface area (Å²) in [6.07, 6.45) is 9.16. The van der Waals surface area contributed by atoms with Crippen molar-refractivity contribution in [1.82, 2.24) is 19.3 Å². The second kappa shape index (κ2) is 6.62. The number of thiazole rings is 1. The van der Waals surface area contributed by atoms with E-state index < -0.39 is 10.0 Å². The minimum absolute atomic E-state index is 0.281. The fraction of sp³-hybridized carbons (Fsp3) is 0.533. The van der Waals surface area contributed by atoms with E-state index in [0.717, 1.165) is 40.5 Å². The van der Waals surface area contributed by atoms with Crippen molar-refractivity contribution >= 4 is 21.4 Å². The van der Waals surface area contributed by atoms with Crippen molar-refractivity contribution in [2.24, 2.45) is 5.92 Å².